The first kappa shape index (κ1) is 16.2. The lowest BCUT2D eigenvalue weighted by molar-refractivity contribution is 0.872. The molecule has 0 atom stereocenters. The zero-order valence-electron chi connectivity index (χ0n) is 13.6. The largest absolute Gasteiger partial charge is 0.383 e. The smallest absolute Gasteiger partial charge is 0.232 e. The minimum absolute atomic E-state index is 0.468. The van der Waals surface area contributed by atoms with Crippen molar-refractivity contribution in [3.8, 4) is 0 Å². The van der Waals surface area contributed by atoms with E-state index in [0.717, 1.165) is 22.6 Å². The number of aromatic nitrogens is 3. The van der Waals surface area contributed by atoms with Gasteiger partial charge in [0, 0.05) is 17.5 Å². The lowest BCUT2D eigenvalue weighted by Crippen LogP contribution is -2.21. The van der Waals surface area contributed by atoms with E-state index in [-0.39, 0.29) is 0 Å². The van der Waals surface area contributed by atoms with Crippen molar-refractivity contribution in [1.29, 1.82) is 0 Å². The number of nitrogen functional groups attached to an aromatic ring is 1. The van der Waals surface area contributed by atoms with Crippen LogP contribution in [0.2, 0.25) is 5.02 Å². The molecule has 0 saturated carbocycles. The van der Waals surface area contributed by atoms with Gasteiger partial charge in [-0.25, -0.2) is 4.98 Å². The van der Waals surface area contributed by atoms with Gasteiger partial charge in [0.2, 0.25) is 5.95 Å². The SMILES string of the molecule is Cc1nc(N(Cc2ccccn2)c2ccccc2Cl)nc(N)c1C. The first-order chi connectivity index (χ1) is 11.6. The third-order valence-corrected chi connectivity index (χ3v) is 4.17. The number of nitrogens with two attached hydrogens (primary N) is 1. The number of benzene rings is 1. The number of aryl methyl sites for hydroxylation is 1. The predicted molar refractivity (Wildman–Crippen MR) is 97.5 cm³/mol. The summed E-state index contributed by atoms with van der Waals surface area (Å²) in [6, 6.07) is 13.4. The number of pyridine rings is 1. The number of anilines is 3. The Balaban J connectivity index is 2.10. The van der Waals surface area contributed by atoms with Gasteiger partial charge in [-0.2, -0.15) is 4.98 Å². The number of halogens is 1. The molecule has 3 aromatic rings. The van der Waals surface area contributed by atoms with Gasteiger partial charge in [-0.3, -0.25) is 4.98 Å². The molecule has 122 valence electrons. The quantitative estimate of drug-likeness (QED) is 0.776. The summed E-state index contributed by atoms with van der Waals surface area (Å²) in [5.74, 6) is 0.977. The highest BCUT2D eigenvalue weighted by Crippen LogP contribution is 2.32. The Hall–Kier alpha value is -2.66. The van der Waals surface area contributed by atoms with Crippen LogP contribution in [0, 0.1) is 13.8 Å². The van der Waals surface area contributed by atoms with Gasteiger partial charge in [-0.1, -0.05) is 29.8 Å². The van der Waals surface area contributed by atoms with Crippen LogP contribution < -0.4 is 10.6 Å². The molecule has 0 spiro atoms. The monoisotopic (exact) mass is 339 g/mol. The van der Waals surface area contributed by atoms with Gasteiger partial charge in [0.05, 0.1) is 22.9 Å². The first-order valence-electron chi connectivity index (χ1n) is 7.59. The summed E-state index contributed by atoms with van der Waals surface area (Å²) in [5, 5.41) is 0.619. The van der Waals surface area contributed by atoms with Crippen molar-refractivity contribution in [3.05, 3.63) is 70.6 Å². The standard InChI is InChI=1S/C18H18ClN5/c1-12-13(2)22-18(23-17(12)20)24(11-14-7-5-6-10-21-14)16-9-4-3-8-15(16)19/h3-10H,11H2,1-2H3,(H2,20,22,23). The van der Waals surface area contributed by atoms with Crippen LogP contribution in [0.5, 0.6) is 0 Å². The van der Waals surface area contributed by atoms with Gasteiger partial charge in [0.25, 0.3) is 0 Å². The van der Waals surface area contributed by atoms with Crippen molar-refractivity contribution in [3.63, 3.8) is 0 Å². The number of rotatable bonds is 4. The molecule has 1 aromatic carbocycles. The summed E-state index contributed by atoms with van der Waals surface area (Å²) in [5.41, 5.74) is 9.47. The van der Waals surface area contributed by atoms with Crippen molar-refractivity contribution in [2.24, 2.45) is 0 Å². The van der Waals surface area contributed by atoms with Gasteiger partial charge in [-0.15, -0.1) is 0 Å². The van der Waals surface area contributed by atoms with E-state index in [1.54, 1.807) is 6.20 Å². The fourth-order valence-corrected chi connectivity index (χ4v) is 2.58. The van der Waals surface area contributed by atoms with Crippen molar-refractivity contribution >= 4 is 29.1 Å². The van der Waals surface area contributed by atoms with Crippen LogP contribution in [0.4, 0.5) is 17.5 Å². The minimum atomic E-state index is 0.468. The zero-order valence-corrected chi connectivity index (χ0v) is 14.3. The molecule has 3 rings (SSSR count). The van der Waals surface area contributed by atoms with Gasteiger partial charge < -0.3 is 10.6 Å². The molecule has 5 nitrogen and oxygen atoms in total. The fourth-order valence-electron chi connectivity index (χ4n) is 2.34. The molecule has 0 bridgehead atoms. The third-order valence-electron chi connectivity index (χ3n) is 3.85. The van der Waals surface area contributed by atoms with E-state index in [2.05, 4.69) is 15.0 Å². The maximum atomic E-state index is 6.40. The van der Waals surface area contributed by atoms with Gasteiger partial charge >= 0.3 is 0 Å². The first-order valence-corrected chi connectivity index (χ1v) is 7.96. The van der Waals surface area contributed by atoms with Crippen molar-refractivity contribution in [2.75, 3.05) is 10.6 Å². The van der Waals surface area contributed by atoms with E-state index in [0.29, 0.717) is 23.3 Å². The van der Waals surface area contributed by atoms with Crippen LogP contribution >= 0.6 is 11.6 Å². The summed E-state index contributed by atoms with van der Waals surface area (Å²) in [4.78, 5) is 15.4. The second-order valence-corrected chi connectivity index (χ2v) is 5.89. The Kier molecular flexibility index (Phi) is 4.62. The van der Waals surface area contributed by atoms with Crippen LogP contribution in [0.3, 0.4) is 0 Å². The molecule has 0 fully saturated rings. The summed E-state index contributed by atoms with van der Waals surface area (Å²) in [6.07, 6.45) is 1.76. The topological polar surface area (TPSA) is 67.9 Å². The molecule has 2 heterocycles. The lowest BCUT2D eigenvalue weighted by Gasteiger charge is -2.24. The zero-order chi connectivity index (χ0) is 17.1. The molecule has 0 radical (unpaired) electrons. The van der Waals surface area contributed by atoms with Crippen LogP contribution in [-0.2, 0) is 6.54 Å². The van der Waals surface area contributed by atoms with E-state index in [1.165, 1.54) is 0 Å². The normalized spacial score (nSPS) is 10.6. The van der Waals surface area contributed by atoms with E-state index < -0.39 is 0 Å². The molecule has 0 saturated heterocycles. The van der Waals surface area contributed by atoms with Crippen LogP contribution in [0.15, 0.2) is 48.7 Å². The molecule has 2 aromatic heterocycles. The van der Waals surface area contributed by atoms with Gasteiger partial charge in [0.1, 0.15) is 5.82 Å². The average Bonchev–Trinajstić information content (AvgIpc) is 2.59. The highest BCUT2D eigenvalue weighted by atomic mass is 35.5. The molecular formula is C18H18ClN5. The minimum Gasteiger partial charge on any atom is -0.383 e. The highest BCUT2D eigenvalue weighted by molar-refractivity contribution is 6.33. The molecule has 0 unspecified atom stereocenters. The maximum Gasteiger partial charge on any atom is 0.232 e. The number of para-hydroxylation sites is 1. The van der Waals surface area contributed by atoms with Crippen LogP contribution in [-0.4, -0.2) is 15.0 Å². The maximum absolute atomic E-state index is 6.40. The third kappa shape index (κ3) is 3.31. The Bertz CT molecular complexity index is 828. The Morgan fingerprint density at radius 3 is 2.46 bits per heavy atom. The fraction of sp³-hybridized carbons (Fsp3) is 0.167. The predicted octanol–water partition coefficient (Wildman–Crippen LogP) is 4.06. The Morgan fingerprint density at radius 2 is 1.79 bits per heavy atom. The second-order valence-electron chi connectivity index (χ2n) is 5.48. The van der Waals surface area contributed by atoms with E-state index in [9.17, 15) is 0 Å². The highest BCUT2D eigenvalue weighted by Gasteiger charge is 2.18. The van der Waals surface area contributed by atoms with E-state index >= 15 is 0 Å². The molecule has 0 aliphatic rings. The molecular weight excluding hydrogens is 322 g/mol. The molecule has 2 N–H and O–H groups in total. The number of hydrogen-bond donors (Lipinski definition) is 1. The van der Waals surface area contributed by atoms with E-state index in [4.69, 9.17) is 17.3 Å². The van der Waals surface area contributed by atoms with Gasteiger partial charge in [-0.05, 0) is 38.1 Å². The van der Waals surface area contributed by atoms with Crippen LogP contribution in [0.1, 0.15) is 17.0 Å². The average molecular weight is 340 g/mol. The molecule has 24 heavy (non-hydrogen) atoms. The second kappa shape index (κ2) is 6.84. The molecule has 6 heteroatoms. The lowest BCUT2D eigenvalue weighted by atomic mass is 10.2. The molecule has 0 amide bonds. The summed E-state index contributed by atoms with van der Waals surface area (Å²) >= 11 is 6.40. The summed E-state index contributed by atoms with van der Waals surface area (Å²) in [6.45, 7) is 4.32. The molecule has 0 aliphatic carbocycles. The summed E-state index contributed by atoms with van der Waals surface area (Å²) in [7, 11) is 0. The Morgan fingerprint density at radius 1 is 1.04 bits per heavy atom. The van der Waals surface area contributed by atoms with Gasteiger partial charge in [0.15, 0.2) is 0 Å². The number of hydrogen-bond acceptors (Lipinski definition) is 5. The number of nitrogens with zero attached hydrogens (tertiary/aromatic N) is 4. The van der Waals surface area contributed by atoms with Crippen molar-refractivity contribution < 1.29 is 0 Å². The van der Waals surface area contributed by atoms with Crippen molar-refractivity contribution in [1.82, 2.24) is 15.0 Å². The molecule has 0 aliphatic heterocycles. The summed E-state index contributed by atoms with van der Waals surface area (Å²) < 4.78 is 0. The van der Waals surface area contributed by atoms with E-state index in [1.807, 2.05) is 61.2 Å². The van der Waals surface area contributed by atoms with Crippen molar-refractivity contribution in [2.45, 2.75) is 20.4 Å². The Labute approximate surface area is 146 Å². The van der Waals surface area contributed by atoms with Crippen LogP contribution in [0.25, 0.3) is 0 Å².